The Morgan fingerprint density at radius 3 is 2.50 bits per heavy atom. The molecule has 3 rings (SSSR count). The highest BCUT2D eigenvalue weighted by atomic mass is 16.6. The smallest absolute Gasteiger partial charge is 0.344 e. The van der Waals surface area contributed by atoms with E-state index in [1.165, 1.54) is 0 Å². The van der Waals surface area contributed by atoms with E-state index in [0.717, 1.165) is 11.3 Å². The van der Waals surface area contributed by atoms with E-state index in [0.29, 0.717) is 22.6 Å². The van der Waals surface area contributed by atoms with Crippen molar-refractivity contribution >= 4 is 17.8 Å². The van der Waals surface area contributed by atoms with Crippen LogP contribution in [-0.2, 0) is 9.53 Å². The molecule has 0 fully saturated rings. The molecular formula is C22H22O6. The Morgan fingerprint density at radius 1 is 1.14 bits per heavy atom. The van der Waals surface area contributed by atoms with Crippen LogP contribution in [-0.4, -0.2) is 31.6 Å². The van der Waals surface area contributed by atoms with Crippen molar-refractivity contribution in [1.29, 1.82) is 0 Å². The molecule has 1 aliphatic rings. The number of benzene rings is 2. The topological polar surface area (TPSA) is 71.1 Å². The monoisotopic (exact) mass is 382 g/mol. The van der Waals surface area contributed by atoms with Crippen LogP contribution >= 0.6 is 0 Å². The fraction of sp³-hybridized carbons (Fsp3) is 0.273. The predicted molar refractivity (Wildman–Crippen MR) is 104 cm³/mol. The van der Waals surface area contributed by atoms with Crippen molar-refractivity contribution in [3.63, 3.8) is 0 Å². The molecule has 0 aliphatic carbocycles. The van der Waals surface area contributed by atoms with Gasteiger partial charge in [0.1, 0.15) is 17.2 Å². The molecule has 0 aromatic heterocycles. The third-order valence-corrected chi connectivity index (χ3v) is 4.16. The van der Waals surface area contributed by atoms with Gasteiger partial charge >= 0.3 is 5.97 Å². The Bertz CT molecular complexity index is 925. The molecule has 2 aromatic carbocycles. The van der Waals surface area contributed by atoms with Gasteiger partial charge in [-0.1, -0.05) is 12.1 Å². The number of hydrogen-bond donors (Lipinski definition) is 0. The fourth-order valence-electron chi connectivity index (χ4n) is 2.81. The lowest BCUT2D eigenvalue weighted by Crippen LogP contribution is -2.19. The number of rotatable bonds is 6. The van der Waals surface area contributed by atoms with Crippen molar-refractivity contribution in [2.75, 3.05) is 13.7 Å². The Labute approximate surface area is 163 Å². The summed E-state index contributed by atoms with van der Waals surface area (Å²) in [6.07, 6.45) is 1.48. The van der Waals surface area contributed by atoms with Crippen LogP contribution in [0.15, 0.2) is 42.2 Å². The lowest BCUT2D eigenvalue weighted by Gasteiger charge is -2.12. The number of ether oxygens (including phenoxy) is 4. The lowest BCUT2D eigenvalue weighted by molar-refractivity contribution is -0.149. The van der Waals surface area contributed by atoms with Crippen molar-refractivity contribution in [1.82, 2.24) is 0 Å². The second kappa shape index (κ2) is 8.17. The van der Waals surface area contributed by atoms with Crippen LogP contribution < -0.4 is 14.2 Å². The van der Waals surface area contributed by atoms with Gasteiger partial charge < -0.3 is 18.9 Å². The number of carbonyl (C=O) groups excluding carboxylic acids is 2. The van der Waals surface area contributed by atoms with E-state index in [1.807, 2.05) is 24.3 Å². The molecule has 0 spiro atoms. The quantitative estimate of drug-likeness (QED) is 0.556. The summed E-state index contributed by atoms with van der Waals surface area (Å²) >= 11 is 0. The maximum absolute atomic E-state index is 12.6. The zero-order valence-corrected chi connectivity index (χ0v) is 16.3. The molecule has 6 nitrogen and oxygen atoms in total. The number of ketones is 1. The normalized spacial score (nSPS) is 14.0. The van der Waals surface area contributed by atoms with Crippen LogP contribution in [0.4, 0.5) is 0 Å². The first-order valence-corrected chi connectivity index (χ1v) is 8.93. The van der Waals surface area contributed by atoms with Gasteiger partial charge in [-0.05, 0) is 56.7 Å². The Hall–Kier alpha value is -3.28. The highest BCUT2D eigenvalue weighted by molar-refractivity contribution is 6.15. The lowest BCUT2D eigenvalue weighted by atomic mass is 10.1. The molecule has 0 N–H and O–H groups in total. The van der Waals surface area contributed by atoms with Crippen molar-refractivity contribution in [3.05, 3.63) is 58.8 Å². The van der Waals surface area contributed by atoms with E-state index >= 15 is 0 Å². The van der Waals surface area contributed by atoms with Crippen molar-refractivity contribution < 1.29 is 28.5 Å². The van der Waals surface area contributed by atoms with Crippen LogP contribution in [0.2, 0.25) is 0 Å². The van der Waals surface area contributed by atoms with E-state index in [9.17, 15) is 9.59 Å². The van der Waals surface area contributed by atoms with Crippen LogP contribution in [0.25, 0.3) is 6.08 Å². The molecule has 6 heteroatoms. The molecule has 0 amide bonds. The maximum atomic E-state index is 12.6. The summed E-state index contributed by atoms with van der Waals surface area (Å²) in [7, 11) is 1.60. The molecule has 0 atom stereocenters. The van der Waals surface area contributed by atoms with E-state index < -0.39 is 5.97 Å². The molecule has 0 saturated heterocycles. The van der Waals surface area contributed by atoms with Gasteiger partial charge in [0, 0.05) is 5.56 Å². The fourth-order valence-corrected chi connectivity index (χ4v) is 2.81. The van der Waals surface area contributed by atoms with Crippen molar-refractivity contribution in [2.24, 2.45) is 0 Å². The molecular weight excluding hydrogens is 360 g/mol. The standard InChI is InChI=1S/C22H22O6/c1-13(2)27-20(23)12-26-18-10-9-17-21(24)19(28-22(17)14(18)3)11-15-5-7-16(25-4)8-6-15/h5-11,13H,12H2,1-4H3/b19-11-. The zero-order valence-electron chi connectivity index (χ0n) is 16.3. The minimum atomic E-state index is -0.452. The highest BCUT2D eigenvalue weighted by Crippen LogP contribution is 2.39. The molecule has 146 valence electrons. The number of fused-ring (bicyclic) bond motifs is 1. The van der Waals surface area contributed by atoms with Crippen LogP contribution in [0.3, 0.4) is 0 Å². The second-order valence-corrected chi connectivity index (χ2v) is 6.61. The number of Topliss-reactive ketones (excluding diaryl/α,β-unsaturated/α-hetero) is 1. The molecule has 0 saturated carbocycles. The highest BCUT2D eigenvalue weighted by Gasteiger charge is 2.30. The molecule has 2 aromatic rings. The van der Waals surface area contributed by atoms with Gasteiger partial charge in [-0.15, -0.1) is 0 Å². The summed E-state index contributed by atoms with van der Waals surface area (Å²) in [4.78, 5) is 24.3. The summed E-state index contributed by atoms with van der Waals surface area (Å²) < 4.78 is 21.5. The SMILES string of the molecule is COc1ccc(/C=C2\Oc3c(ccc(OCC(=O)OC(C)C)c3C)C2=O)cc1. The molecule has 0 unspecified atom stereocenters. The Kier molecular flexibility index (Phi) is 5.68. The van der Waals surface area contributed by atoms with Gasteiger partial charge in [0.05, 0.1) is 18.8 Å². The van der Waals surface area contributed by atoms with Crippen molar-refractivity contribution in [2.45, 2.75) is 26.9 Å². The van der Waals surface area contributed by atoms with Gasteiger partial charge in [-0.25, -0.2) is 4.79 Å². The maximum Gasteiger partial charge on any atom is 0.344 e. The van der Waals surface area contributed by atoms with Gasteiger partial charge in [-0.3, -0.25) is 4.79 Å². The van der Waals surface area contributed by atoms with Gasteiger partial charge in [0.2, 0.25) is 5.78 Å². The van der Waals surface area contributed by atoms with Gasteiger partial charge in [0.15, 0.2) is 12.4 Å². The third kappa shape index (κ3) is 4.17. The molecule has 0 radical (unpaired) electrons. The van der Waals surface area contributed by atoms with Crippen LogP contribution in [0.1, 0.15) is 35.3 Å². The minimum absolute atomic E-state index is 0.195. The largest absolute Gasteiger partial charge is 0.497 e. The summed E-state index contributed by atoms with van der Waals surface area (Å²) in [6.45, 7) is 5.12. The first kappa shape index (κ1) is 19.5. The summed E-state index contributed by atoms with van der Waals surface area (Å²) in [6, 6.07) is 10.6. The van der Waals surface area contributed by atoms with Crippen LogP contribution in [0.5, 0.6) is 17.2 Å². The summed E-state index contributed by atoms with van der Waals surface area (Å²) in [5.41, 5.74) is 1.94. The van der Waals surface area contributed by atoms with E-state index in [1.54, 1.807) is 46.1 Å². The molecule has 1 aliphatic heterocycles. The average molecular weight is 382 g/mol. The summed E-state index contributed by atoms with van der Waals surface area (Å²) in [5, 5.41) is 0. The van der Waals surface area contributed by atoms with E-state index in [4.69, 9.17) is 18.9 Å². The second-order valence-electron chi connectivity index (χ2n) is 6.61. The zero-order chi connectivity index (χ0) is 20.3. The third-order valence-electron chi connectivity index (χ3n) is 4.16. The molecule has 0 bridgehead atoms. The van der Waals surface area contributed by atoms with Crippen molar-refractivity contribution in [3.8, 4) is 17.2 Å². The predicted octanol–water partition coefficient (Wildman–Crippen LogP) is 3.95. The Balaban J connectivity index is 1.78. The number of carbonyl (C=O) groups is 2. The van der Waals surface area contributed by atoms with Gasteiger partial charge in [-0.2, -0.15) is 0 Å². The average Bonchev–Trinajstić information content (AvgIpc) is 2.98. The molecule has 28 heavy (non-hydrogen) atoms. The van der Waals surface area contributed by atoms with E-state index in [2.05, 4.69) is 0 Å². The molecule has 1 heterocycles. The minimum Gasteiger partial charge on any atom is -0.497 e. The number of methoxy groups -OCH3 is 1. The first-order chi connectivity index (χ1) is 13.4. The number of esters is 1. The number of allylic oxidation sites excluding steroid dienone is 1. The van der Waals surface area contributed by atoms with E-state index in [-0.39, 0.29) is 24.3 Å². The first-order valence-electron chi connectivity index (χ1n) is 8.93. The summed E-state index contributed by atoms with van der Waals surface area (Å²) in [5.74, 6) is 1.24. The van der Waals surface area contributed by atoms with Crippen LogP contribution in [0, 0.1) is 6.92 Å². The van der Waals surface area contributed by atoms with Gasteiger partial charge in [0.25, 0.3) is 0 Å². The number of hydrogen-bond acceptors (Lipinski definition) is 6. The Morgan fingerprint density at radius 2 is 1.86 bits per heavy atom.